The van der Waals surface area contributed by atoms with Crippen molar-refractivity contribution < 1.29 is 17.2 Å². The highest BCUT2D eigenvalue weighted by Crippen LogP contribution is 2.53. The first-order chi connectivity index (χ1) is 11.4. The lowest BCUT2D eigenvalue weighted by Crippen LogP contribution is -2.27. The zero-order valence-corrected chi connectivity index (χ0v) is 13.3. The Hall–Kier alpha value is -2.41. The van der Waals surface area contributed by atoms with Gasteiger partial charge in [-0.15, -0.1) is 0 Å². The Kier molecular flexibility index (Phi) is 3.18. The van der Waals surface area contributed by atoms with Gasteiger partial charge in [0, 0.05) is 17.6 Å². The Bertz CT molecular complexity index is 1030. The number of halogens is 2. The van der Waals surface area contributed by atoms with E-state index in [9.17, 15) is 17.2 Å². The number of aromatic nitrogens is 1. The number of H-pyrrole nitrogens is 1. The molecule has 0 unspecified atom stereocenters. The van der Waals surface area contributed by atoms with E-state index in [2.05, 4.69) is 9.71 Å². The lowest BCUT2D eigenvalue weighted by atomic mass is 10.1. The summed E-state index contributed by atoms with van der Waals surface area (Å²) < 4.78 is 54.1. The molecule has 3 aromatic rings. The standard InChI is InChI=1S/C17H14F2N2O2S/c18-13-8-12-15(9-14(13)19)20-10-16(12)21-24(22,23)17(6-7-17)11-4-2-1-3-5-11/h1-5,8-10,20-21H,6-7H2. The predicted octanol–water partition coefficient (Wildman–Crippen LogP) is 3.88. The molecule has 1 aliphatic carbocycles. The summed E-state index contributed by atoms with van der Waals surface area (Å²) in [6, 6.07) is 11.0. The summed E-state index contributed by atoms with van der Waals surface area (Å²) in [7, 11) is -3.73. The van der Waals surface area contributed by atoms with Crippen molar-refractivity contribution >= 4 is 26.6 Å². The van der Waals surface area contributed by atoms with Crippen molar-refractivity contribution in [2.45, 2.75) is 17.6 Å². The molecule has 124 valence electrons. The molecule has 4 rings (SSSR count). The first-order valence-electron chi connectivity index (χ1n) is 7.47. The number of hydrogen-bond donors (Lipinski definition) is 2. The molecular formula is C17H14F2N2O2S. The molecule has 2 aromatic carbocycles. The second-order valence-corrected chi connectivity index (χ2v) is 7.97. The second-order valence-electron chi connectivity index (χ2n) is 5.98. The van der Waals surface area contributed by atoms with Crippen molar-refractivity contribution in [1.82, 2.24) is 4.98 Å². The average Bonchev–Trinajstić information content (AvgIpc) is 3.31. The van der Waals surface area contributed by atoms with Gasteiger partial charge in [-0.1, -0.05) is 30.3 Å². The zero-order valence-electron chi connectivity index (χ0n) is 12.5. The highest BCUT2D eigenvalue weighted by atomic mass is 32.2. The monoisotopic (exact) mass is 348 g/mol. The minimum atomic E-state index is -3.73. The fourth-order valence-corrected chi connectivity index (χ4v) is 4.75. The first-order valence-corrected chi connectivity index (χ1v) is 8.95. The molecule has 0 amide bonds. The van der Waals surface area contributed by atoms with E-state index in [0.717, 1.165) is 17.7 Å². The molecule has 0 radical (unpaired) electrons. The van der Waals surface area contributed by atoms with Gasteiger partial charge in [-0.25, -0.2) is 17.2 Å². The van der Waals surface area contributed by atoms with Gasteiger partial charge in [0.15, 0.2) is 11.6 Å². The van der Waals surface area contributed by atoms with Crippen LogP contribution in [0, 0.1) is 11.6 Å². The Labute approximate surface area is 137 Å². The van der Waals surface area contributed by atoms with Crippen molar-refractivity contribution in [3.05, 3.63) is 65.9 Å². The topological polar surface area (TPSA) is 62.0 Å². The number of anilines is 1. The molecule has 7 heteroatoms. The number of hydrogen-bond acceptors (Lipinski definition) is 2. The highest BCUT2D eigenvalue weighted by Gasteiger charge is 2.56. The van der Waals surface area contributed by atoms with Crippen LogP contribution < -0.4 is 4.72 Å². The third-order valence-corrected chi connectivity index (χ3v) is 6.65. The number of aromatic amines is 1. The summed E-state index contributed by atoms with van der Waals surface area (Å²) in [4.78, 5) is 2.76. The molecule has 0 bridgehead atoms. The summed E-state index contributed by atoms with van der Waals surface area (Å²) in [5.74, 6) is -2.01. The average molecular weight is 348 g/mol. The van der Waals surface area contributed by atoms with Gasteiger partial charge in [-0.2, -0.15) is 0 Å². The van der Waals surface area contributed by atoms with Gasteiger partial charge in [0.1, 0.15) is 4.75 Å². The molecule has 0 saturated heterocycles. The van der Waals surface area contributed by atoms with Gasteiger partial charge in [0.25, 0.3) is 0 Å². The van der Waals surface area contributed by atoms with Crippen LogP contribution in [0.1, 0.15) is 18.4 Å². The van der Waals surface area contributed by atoms with E-state index in [-0.39, 0.29) is 5.69 Å². The highest BCUT2D eigenvalue weighted by molar-refractivity contribution is 7.94. The molecule has 1 heterocycles. The quantitative estimate of drug-likeness (QED) is 0.752. The number of rotatable bonds is 4. The van der Waals surface area contributed by atoms with E-state index in [4.69, 9.17) is 0 Å². The maximum atomic E-state index is 13.5. The van der Waals surface area contributed by atoms with Crippen LogP contribution in [-0.2, 0) is 14.8 Å². The lowest BCUT2D eigenvalue weighted by molar-refractivity contribution is 0.511. The van der Waals surface area contributed by atoms with Crippen LogP contribution in [0.2, 0.25) is 0 Å². The maximum Gasteiger partial charge on any atom is 0.242 e. The van der Waals surface area contributed by atoms with E-state index >= 15 is 0 Å². The van der Waals surface area contributed by atoms with Crippen molar-refractivity contribution in [2.75, 3.05) is 4.72 Å². The van der Waals surface area contributed by atoms with Gasteiger partial charge in [0.05, 0.1) is 11.2 Å². The summed E-state index contributed by atoms with van der Waals surface area (Å²) in [6.45, 7) is 0. The summed E-state index contributed by atoms with van der Waals surface area (Å²) in [6.07, 6.45) is 2.46. The van der Waals surface area contributed by atoms with Gasteiger partial charge in [-0.05, 0) is 24.5 Å². The number of fused-ring (bicyclic) bond motifs is 1. The van der Waals surface area contributed by atoms with Crippen molar-refractivity contribution in [3.63, 3.8) is 0 Å². The maximum absolute atomic E-state index is 13.5. The molecule has 0 aliphatic heterocycles. The molecule has 2 N–H and O–H groups in total. The molecule has 4 nitrogen and oxygen atoms in total. The molecule has 0 atom stereocenters. The normalized spacial score (nSPS) is 16.2. The fourth-order valence-electron chi connectivity index (χ4n) is 3.01. The molecule has 1 saturated carbocycles. The first kappa shape index (κ1) is 15.1. The van der Waals surface area contributed by atoms with E-state index in [0.29, 0.717) is 23.7 Å². The van der Waals surface area contributed by atoms with Crippen LogP contribution in [0.3, 0.4) is 0 Å². The van der Waals surface area contributed by atoms with E-state index in [1.807, 2.05) is 6.07 Å². The predicted molar refractivity (Wildman–Crippen MR) is 88.1 cm³/mol. The van der Waals surface area contributed by atoms with Crippen LogP contribution in [0.4, 0.5) is 14.5 Å². The smallest absolute Gasteiger partial charge is 0.242 e. The molecular weight excluding hydrogens is 334 g/mol. The zero-order chi connectivity index (χ0) is 16.9. The number of benzene rings is 2. The molecule has 0 spiro atoms. The van der Waals surface area contributed by atoms with Crippen LogP contribution in [0.25, 0.3) is 10.9 Å². The molecule has 24 heavy (non-hydrogen) atoms. The number of nitrogens with one attached hydrogen (secondary N) is 2. The van der Waals surface area contributed by atoms with Crippen LogP contribution in [0.15, 0.2) is 48.7 Å². The SMILES string of the molecule is O=S(=O)(Nc1c[nH]c2cc(F)c(F)cc12)C1(c2ccccc2)CC1. The van der Waals surface area contributed by atoms with Crippen LogP contribution >= 0.6 is 0 Å². The Morgan fingerprint density at radius 2 is 1.71 bits per heavy atom. The van der Waals surface area contributed by atoms with Crippen molar-refractivity contribution in [1.29, 1.82) is 0 Å². The minimum absolute atomic E-state index is 0.214. The summed E-state index contributed by atoms with van der Waals surface area (Å²) in [5, 5.41) is 0.293. The molecule has 1 aromatic heterocycles. The third kappa shape index (κ3) is 2.19. The van der Waals surface area contributed by atoms with Gasteiger partial charge in [-0.3, -0.25) is 4.72 Å². The van der Waals surface area contributed by atoms with Crippen molar-refractivity contribution in [2.24, 2.45) is 0 Å². The fraction of sp³-hybridized carbons (Fsp3) is 0.176. The molecule has 1 aliphatic rings. The van der Waals surface area contributed by atoms with Gasteiger partial charge in [0.2, 0.25) is 10.0 Å². The Morgan fingerprint density at radius 1 is 1.04 bits per heavy atom. The lowest BCUT2D eigenvalue weighted by Gasteiger charge is -2.18. The Balaban J connectivity index is 1.74. The Morgan fingerprint density at radius 3 is 2.38 bits per heavy atom. The van der Waals surface area contributed by atoms with E-state index < -0.39 is 26.4 Å². The van der Waals surface area contributed by atoms with E-state index in [1.165, 1.54) is 6.20 Å². The van der Waals surface area contributed by atoms with Crippen LogP contribution in [-0.4, -0.2) is 13.4 Å². The number of sulfonamides is 1. The van der Waals surface area contributed by atoms with Gasteiger partial charge < -0.3 is 4.98 Å². The summed E-state index contributed by atoms with van der Waals surface area (Å²) in [5.41, 5.74) is 1.27. The largest absolute Gasteiger partial charge is 0.359 e. The minimum Gasteiger partial charge on any atom is -0.359 e. The third-order valence-electron chi connectivity index (χ3n) is 4.49. The van der Waals surface area contributed by atoms with Gasteiger partial charge >= 0.3 is 0 Å². The van der Waals surface area contributed by atoms with Crippen LogP contribution in [0.5, 0.6) is 0 Å². The van der Waals surface area contributed by atoms with Crippen molar-refractivity contribution in [3.8, 4) is 0 Å². The van der Waals surface area contributed by atoms with E-state index in [1.54, 1.807) is 24.3 Å². The summed E-state index contributed by atoms with van der Waals surface area (Å²) >= 11 is 0. The second kappa shape index (κ2) is 5.04. The molecule has 1 fully saturated rings.